The number of anilines is 1. The topological polar surface area (TPSA) is 55.6 Å². The van der Waals surface area contributed by atoms with Crippen LogP contribution in [0.3, 0.4) is 0 Å². The standard InChI is InChI=1S/C23H27BrF3N5/c1-21(2,3)14-22(4,5)32-20(29-30-31-32)19(15-6-10-17(24)11-7-15)28-18-12-8-16(9-13-18)23(25,26)27/h6-13,19,28H,14H2,1-5H3. The van der Waals surface area contributed by atoms with E-state index in [0.29, 0.717) is 11.5 Å². The number of alkyl halides is 3. The highest BCUT2D eigenvalue weighted by molar-refractivity contribution is 9.10. The molecule has 2 aromatic carbocycles. The number of halogens is 4. The van der Waals surface area contributed by atoms with E-state index in [4.69, 9.17) is 0 Å². The fourth-order valence-corrected chi connectivity index (χ4v) is 4.32. The fourth-order valence-electron chi connectivity index (χ4n) is 4.05. The molecule has 1 aromatic heterocycles. The Kier molecular flexibility index (Phi) is 6.70. The van der Waals surface area contributed by atoms with Crippen molar-refractivity contribution in [2.45, 2.75) is 58.8 Å². The zero-order chi connectivity index (χ0) is 23.7. The lowest BCUT2D eigenvalue weighted by Crippen LogP contribution is -2.35. The van der Waals surface area contributed by atoms with Gasteiger partial charge in [0.1, 0.15) is 6.04 Å². The van der Waals surface area contributed by atoms with Gasteiger partial charge in [0, 0.05) is 10.2 Å². The summed E-state index contributed by atoms with van der Waals surface area (Å²) in [5, 5.41) is 15.9. The Morgan fingerprint density at radius 2 is 1.53 bits per heavy atom. The minimum Gasteiger partial charge on any atom is -0.371 e. The van der Waals surface area contributed by atoms with E-state index in [1.54, 1.807) is 0 Å². The van der Waals surface area contributed by atoms with Crippen LogP contribution >= 0.6 is 15.9 Å². The Hall–Kier alpha value is -2.42. The molecule has 0 fully saturated rings. The van der Waals surface area contributed by atoms with Crippen LogP contribution in [-0.2, 0) is 11.7 Å². The molecule has 0 aliphatic heterocycles. The highest BCUT2D eigenvalue weighted by atomic mass is 79.9. The molecule has 5 nitrogen and oxygen atoms in total. The van der Waals surface area contributed by atoms with E-state index in [1.165, 1.54) is 12.1 Å². The van der Waals surface area contributed by atoms with Gasteiger partial charge >= 0.3 is 6.18 Å². The molecule has 172 valence electrons. The zero-order valence-corrected chi connectivity index (χ0v) is 20.3. The first-order valence-corrected chi connectivity index (χ1v) is 11.0. The number of nitrogens with one attached hydrogen (secondary N) is 1. The largest absolute Gasteiger partial charge is 0.416 e. The summed E-state index contributed by atoms with van der Waals surface area (Å²) >= 11 is 3.44. The van der Waals surface area contributed by atoms with Crippen molar-refractivity contribution in [1.82, 2.24) is 20.2 Å². The molecule has 1 atom stereocenters. The van der Waals surface area contributed by atoms with Crippen LogP contribution in [0.4, 0.5) is 18.9 Å². The van der Waals surface area contributed by atoms with E-state index in [2.05, 4.69) is 71.4 Å². The molecular weight excluding hydrogens is 483 g/mol. The van der Waals surface area contributed by atoms with Gasteiger partial charge < -0.3 is 5.32 Å². The predicted molar refractivity (Wildman–Crippen MR) is 122 cm³/mol. The zero-order valence-electron chi connectivity index (χ0n) is 18.7. The minimum atomic E-state index is -4.38. The average molecular weight is 510 g/mol. The summed E-state index contributed by atoms with van der Waals surface area (Å²) < 4.78 is 41.6. The van der Waals surface area contributed by atoms with Crippen LogP contribution in [0, 0.1) is 5.41 Å². The molecule has 0 saturated carbocycles. The van der Waals surface area contributed by atoms with Crippen molar-refractivity contribution in [3.05, 3.63) is 70.0 Å². The number of tetrazole rings is 1. The van der Waals surface area contributed by atoms with E-state index in [0.717, 1.165) is 28.6 Å². The Morgan fingerprint density at radius 1 is 0.938 bits per heavy atom. The second-order valence-electron chi connectivity index (χ2n) is 9.70. The molecule has 0 amide bonds. The second kappa shape index (κ2) is 8.84. The van der Waals surface area contributed by atoms with Gasteiger partial charge in [-0.3, -0.25) is 0 Å². The molecule has 1 unspecified atom stereocenters. The maximum atomic E-state index is 13.0. The third kappa shape index (κ3) is 5.88. The quantitative estimate of drug-likeness (QED) is 0.395. The summed E-state index contributed by atoms with van der Waals surface area (Å²) in [4.78, 5) is 0. The summed E-state index contributed by atoms with van der Waals surface area (Å²) in [5.41, 5.74) is 0.386. The number of hydrogen-bond donors (Lipinski definition) is 1. The third-order valence-corrected chi connectivity index (χ3v) is 5.54. The van der Waals surface area contributed by atoms with Crippen LogP contribution in [0.25, 0.3) is 0 Å². The molecule has 0 saturated heterocycles. The maximum Gasteiger partial charge on any atom is 0.416 e. The summed E-state index contributed by atoms with van der Waals surface area (Å²) in [7, 11) is 0. The first-order chi connectivity index (χ1) is 14.8. The first-order valence-electron chi connectivity index (χ1n) is 10.2. The summed E-state index contributed by atoms with van der Waals surface area (Å²) in [5.74, 6) is 0.585. The van der Waals surface area contributed by atoms with Crippen LogP contribution in [0.5, 0.6) is 0 Å². The second-order valence-corrected chi connectivity index (χ2v) is 10.6. The Balaban J connectivity index is 2.02. The highest BCUT2D eigenvalue weighted by Crippen LogP contribution is 2.36. The van der Waals surface area contributed by atoms with E-state index in [9.17, 15) is 13.2 Å². The average Bonchev–Trinajstić information content (AvgIpc) is 3.15. The van der Waals surface area contributed by atoms with Crippen LogP contribution in [0.15, 0.2) is 53.0 Å². The van der Waals surface area contributed by atoms with Gasteiger partial charge in [-0.2, -0.15) is 13.2 Å². The smallest absolute Gasteiger partial charge is 0.371 e. The molecule has 0 spiro atoms. The van der Waals surface area contributed by atoms with Gasteiger partial charge in [-0.25, -0.2) is 4.68 Å². The molecule has 3 aromatic rings. The number of nitrogens with zero attached hydrogens (tertiary/aromatic N) is 4. The van der Waals surface area contributed by atoms with Gasteiger partial charge in [-0.1, -0.05) is 48.8 Å². The number of hydrogen-bond acceptors (Lipinski definition) is 4. The van der Waals surface area contributed by atoms with Crippen LogP contribution < -0.4 is 5.32 Å². The maximum absolute atomic E-state index is 13.0. The van der Waals surface area contributed by atoms with Crippen molar-refractivity contribution in [1.29, 1.82) is 0 Å². The summed E-state index contributed by atoms with van der Waals surface area (Å²) in [6.07, 6.45) is -3.56. The minimum absolute atomic E-state index is 0.0423. The third-order valence-electron chi connectivity index (χ3n) is 5.01. The Bertz CT molecular complexity index is 1040. The van der Waals surface area contributed by atoms with Crippen molar-refractivity contribution < 1.29 is 13.2 Å². The van der Waals surface area contributed by atoms with Crippen molar-refractivity contribution in [2.75, 3.05) is 5.32 Å². The van der Waals surface area contributed by atoms with Crippen molar-refractivity contribution in [3.63, 3.8) is 0 Å². The lowest BCUT2D eigenvalue weighted by Gasteiger charge is -2.34. The first kappa shape index (κ1) is 24.2. The van der Waals surface area contributed by atoms with Gasteiger partial charge in [0.2, 0.25) is 0 Å². The van der Waals surface area contributed by atoms with Gasteiger partial charge in [-0.05, 0) is 78.1 Å². The number of rotatable bonds is 6. The van der Waals surface area contributed by atoms with Gasteiger partial charge in [0.05, 0.1) is 11.1 Å². The molecule has 0 aliphatic carbocycles. The van der Waals surface area contributed by atoms with E-state index in [-0.39, 0.29) is 11.0 Å². The fraction of sp³-hybridized carbons (Fsp3) is 0.435. The lowest BCUT2D eigenvalue weighted by atomic mass is 9.81. The number of benzene rings is 2. The molecule has 0 bridgehead atoms. The molecule has 1 heterocycles. The van der Waals surface area contributed by atoms with Crippen LogP contribution in [0.2, 0.25) is 0 Å². The number of aromatic nitrogens is 4. The predicted octanol–water partition coefficient (Wildman–Crippen LogP) is 6.83. The summed E-state index contributed by atoms with van der Waals surface area (Å²) in [6.45, 7) is 10.6. The van der Waals surface area contributed by atoms with Crippen molar-refractivity contribution in [2.24, 2.45) is 5.41 Å². The highest BCUT2D eigenvalue weighted by Gasteiger charge is 2.34. The van der Waals surface area contributed by atoms with E-state index >= 15 is 0 Å². The molecule has 1 N–H and O–H groups in total. The van der Waals surface area contributed by atoms with Gasteiger partial charge in [-0.15, -0.1) is 5.10 Å². The van der Waals surface area contributed by atoms with E-state index in [1.807, 2.05) is 28.9 Å². The SMILES string of the molecule is CC(C)(C)CC(C)(C)n1nnnc1C(Nc1ccc(C(F)(F)F)cc1)c1ccc(Br)cc1. The summed E-state index contributed by atoms with van der Waals surface area (Å²) in [6, 6.07) is 12.2. The molecule has 32 heavy (non-hydrogen) atoms. The molecule has 0 aliphatic rings. The monoisotopic (exact) mass is 509 g/mol. The van der Waals surface area contributed by atoms with Crippen LogP contribution in [0.1, 0.15) is 64.0 Å². The van der Waals surface area contributed by atoms with Crippen molar-refractivity contribution >= 4 is 21.6 Å². The normalized spacial score (nSPS) is 13.8. The van der Waals surface area contributed by atoms with Crippen LogP contribution in [-0.4, -0.2) is 20.2 Å². The molecular formula is C23H27BrF3N5. The molecule has 0 radical (unpaired) electrons. The molecule has 3 rings (SSSR count). The Labute approximate surface area is 194 Å². The van der Waals surface area contributed by atoms with Gasteiger partial charge in [0.15, 0.2) is 5.82 Å². The van der Waals surface area contributed by atoms with Gasteiger partial charge in [0.25, 0.3) is 0 Å². The Morgan fingerprint density at radius 3 is 2.06 bits per heavy atom. The molecule has 9 heteroatoms. The van der Waals surface area contributed by atoms with Crippen molar-refractivity contribution in [3.8, 4) is 0 Å². The lowest BCUT2D eigenvalue weighted by molar-refractivity contribution is -0.137. The van der Waals surface area contributed by atoms with E-state index < -0.39 is 17.8 Å².